The van der Waals surface area contributed by atoms with Gasteiger partial charge in [-0.05, 0) is 41.8 Å². The fourth-order valence-corrected chi connectivity index (χ4v) is 2.65. The number of hydrogen-bond donors (Lipinski definition) is 1. The van der Waals surface area contributed by atoms with Crippen LogP contribution in [0.3, 0.4) is 0 Å². The Labute approximate surface area is 126 Å². The SMILES string of the molecule is CC(OC(=O)c1cc(Br)c[nH]1)C(=O)N1CCCCCC1. The van der Waals surface area contributed by atoms with Crippen molar-refractivity contribution >= 4 is 27.8 Å². The summed E-state index contributed by atoms with van der Waals surface area (Å²) in [5, 5.41) is 0. The number of amides is 1. The van der Waals surface area contributed by atoms with Crippen LogP contribution in [0.4, 0.5) is 0 Å². The fraction of sp³-hybridized carbons (Fsp3) is 0.571. The molecular formula is C14H19BrN2O3. The molecular weight excluding hydrogens is 324 g/mol. The smallest absolute Gasteiger partial charge is 0.355 e. The number of carbonyl (C=O) groups is 2. The zero-order valence-electron chi connectivity index (χ0n) is 11.5. The number of halogens is 1. The third-order valence-corrected chi connectivity index (χ3v) is 3.87. The Balaban J connectivity index is 1.91. The maximum Gasteiger partial charge on any atom is 0.355 e. The number of nitrogens with zero attached hydrogens (tertiary/aromatic N) is 1. The first-order chi connectivity index (χ1) is 9.58. The van der Waals surface area contributed by atoms with Gasteiger partial charge in [0.25, 0.3) is 5.91 Å². The van der Waals surface area contributed by atoms with Crippen molar-refractivity contribution in [1.29, 1.82) is 0 Å². The van der Waals surface area contributed by atoms with Crippen molar-refractivity contribution in [1.82, 2.24) is 9.88 Å². The second-order valence-electron chi connectivity index (χ2n) is 5.02. The summed E-state index contributed by atoms with van der Waals surface area (Å²) in [4.78, 5) is 28.7. The number of likely N-dealkylation sites (tertiary alicyclic amines) is 1. The van der Waals surface area contributed by atoms with Crippen LogP contribution >= 0.6 is 15.9 Å². The summed E-state index contributed by atoms with van der Waals surface area (Å²) in [6, 6.07) is 1.63. The molecule has 0 aromatic carbocycles. The highest BCUT2D eigenvalue weighted by atomic mass is 79.9. The Morgan fingerprint density at radius 3 is 2.50 bits per heavy atom. The zero-order chi connectivity index (χ0) is 14.5. The molecule has 6 heteroatoms. The minimum absolute atomic E-state index is 0.106. The average Bonchev–Trinajstić information content (AvgIpc) is 2.70. The molecule has 1 fully saturated rings. The Morgan fingerprint density at radius 2 is 1.95 bits per heavy atom. The summed E-state index contributed by atoms with van der Waals surface area (Å²) in [7, 11) is 0. The number of nitrogens with one attached hydrogen (secondary N) is 1. The minimum atomic E-state index is -0.748. The lowest BCUT2D eigenvalue weighted by Gasteiger charge is -2.23. The van der Waals surface area contributed by atoms with Crippen molar-refractivity contribution in [3.05, 3.63) is 22.4 Å². The lowest BCUT2D eigenvalue weighted by Crippen LogP contribution is -2.40. The Kier molecular flexibility index (Phi) is 5.23. The Bertz CT molecular complexity index is 479. The molecule has 0 bridgehead atoms. The largest absolute Gasteiger partial charge is 0.448 e. The van der Waals surface area contributed by atoms with E-state index in [0.717, 1.165) is 43.2 Å². The van der Waals surface area contributed by atoms with Crippen molar-refractivity contribution in [3.8, 4) is 0 Å². The van der Waals surface area contributed by atoms with Gasteiger partial charge in [-0.3, -0.25) is 4.79 Å². The van der Waals surface area contributed by atoms with Gasteiger partial charge in [-0.25, -0.2) is 4.79 Å². The van der Waals surface area contributed by atoms with E-state index in [1.165, 1.54) is 0 Å². The van der Waals surface area contributed by atoms with Gasteiger partial charge in [-0.2, -0.15) is 0 Å². The highest BCUT2D eigenvalue weighted by Gasteiger charge is 2.25. The highest BCUT2D eigenvalue weighted by Crippen LogP contribution is 2.14. The topological polar surface area (TPSA) is 62.4 Å². The summed E-state index contributed by atoms with van der Waals surface area (Å²) >= 11 is 3.25. The summed E-state index contributed by atoms with van der Waals surface area (Å²) in [5.41, 5.74) is 0.340. The van der Waals surface area contributed by atoms with Crippen molar-refractivity contribution in [3.63, 3.8) is 0 Å². The van der Waals surface area contributed by atoms with Crippen LogP contribution in [0.5, 0.6) is 0 Å². The molecule has 1 aliphatic rings. The summed E-state index contributed by atoms with van der Waals surface area (Å²) < 4.78 is 6.00. The number of aromatic amines is 1. The molecule has 1 N–H and O–H groups in total. The molecule has 0 radical (unpaired) electrons. The van der Waals surface area contributed by atoms with Crippen LogP contribution in [0.2, 0.25) is 0 Å². The third-order valence-electron chi connectivity index (χ3n) is 3.42. The molecule has 1 aromatic heterocycles. The lowest BCUT2D eigenvalue weighted by atomic mass is 10.2. The number of aromatic nitrogens is 1. The molecule has 0 saturated carbocycles. The van der Waals surface area contributed by atoms with E-state index in [1.54, 1.807) is 24.1 Å². The lowest BCUT2D eigenvalue weighted by molar-refractivity contribution is -0.139. The number of ether oxygens (including phenoxy) is 1. The molecule has 1 atom stereocenters. The van der Waals surface area contributed by atoms with Gasteiger partial charge in [-0.15, -0.1) is 0 Å². The monoisotopic (exact) mass is 342 g/mol. The van der Waals surface area contributed by atoms with Gasteiger partial charge in [0.2, 0.25) is 0 Å². The van der Waals surface area contributed by atoms with Gasteiger partial charge in [0.1, 0.15) is 5.69 Å². The number of hydrogen-bond acceptors (Lipinski definition) is 3. The minimum Gasteiger partial charge on any atom is -0.448 e. The Hall–Kier alpha value is -1.30. The first-order valence-corrected chi connectivity index (χ1v) is 7.71. The van der Waals surface area contributed by atoms with Gasteiger partial charge >= 0.3 is 5.97 Å². The van der Waals surface area contributed by atoms with Crippen LogP contribution in [-0.4, -0.2) is 41.0 Å². The molecule has 110 valence electrons. The molecule has 2 rings (SSSR count). The van der Waals surface area contributed by atoms with Crippen LogP contribution in [-0.2, 0) is 9.53 Å². The quantitative estimate of drug-likeness (QED) is 0.859. The van der Waals surface area contributed by atoms with Crippen molar-refractivity contribution in [2.45, 2.75) is 38.7 Å². The van der Waals surface area contributed by atoms with E-state index < -0.39 is 12.1 Å². The van der Waals surface area contributed by atoms with Crippen molar-refractivity contribution in [2.75, 3.05) is 13.1 Å². The van der Waals surface area contributed by atoms with Gasteiger partial charge in [0.05, 0.1) is 0 Å². The molecule has 1 aliphatic heterocycles. The molecule has 1 amide bonds. The van der Waals surface area contributed by atoms with Gasteiger partial charge in [-0.1, -0.05) is 12.8 Å². The fourth-order valence-electron chi connectivity index (χ4n) is 2.31. The second kappa shape index (κ2) is 6.92. The van der Waals surface area contributed by atoms with E-state index in [9.17, 15) is 9.59 Å². The van der Waals surface area contributed by atoms with E-state index in [2.05, 4.69) is 20.9 Å². The predicted octanol–water partition coefficient (Wildman–Crippen LogP) is 2.73. The molecule has 0 aliphatic carbocycles. The van der Waals surface area contributed by atoms with E-state index in [0.29, 0.717) is 5.69 Å². The van der Waals surface area contributed by atoms with Crippen LogP contribution < -0.4 is 0 Å². The number of carbonyl (C=O) groups excluding carboxylic acids is 2. The van der Waals surface area contributed by atoms with Gasteiger partial charge < -0.3 is 14.6 Å². The second-order valence-corrected chi connectivity index (χ2v) is 5.93. The molecule has 0 spiro atoms. The molecule has 1 aromatic rings. The first kappa shape index (κ1) is 15.1. The maximum atomic E-state index is 12.3. The van der Waals surface area contributed by atoms with Gasteiger partial charge in [0, 0.05) is 23.8 Å². The van der Waals surface area contributed by atoms with Crippen molar-refractivity contribution in [2.24, 2.45) is 0 Å². The van der Waals surface area contributed by atoms with E-state index in [1.807, 2.05) is 0 Å². The van der Waals surface area contributed by atoms with E-state index in [-0.39, 0.29) is 5.91 Å². The summed E-state index contributed by atoms with van der Waals surface area (Å²) in [6.07, 6.45) is 5.27. The Morgan fingerprint density at radius 1 is 1.30 bits per heavy atom. The average molecular weight is 343 g/mol. The molecule has 20 heavy (non-hydrogen) atoms. The third kappa shape index (κ3) is 3.85. The normalized spacial score (nSPS) is 17.4. The highest BCUT2D eigenvalue weighted by molar-refractivity contribution is 9.10. The number of esters is 1. The molecule has 5 nitrogen and oxygen atoms in total. The standard InChI is InChI=1S/C14H19BrN2O3/c1-10(13(18)17-6-4-2-3-5-7-17)20-14(19)12-8-11(15)9-16-12/h8-10,16H,2-7H2,1H3. The van der Waals surface area contributed by atoms with E-state index in [4.69, 9.17) is 4.74 Å². The van der Waals surface area contributed by atoms with Crippen LogP contribution in [0.1, 0.15) is 43.1 Å². The van der Waals surface area contributed by atoms with Crippen LogP contribution in [0, 0.1) is 0 Å². The maximum absolute atomic E-state index is 12.3. The first-order valence-electron chi connectivity index (χ1n) is 6.91. The van der Waals surface area contributed by atoms with Crippen molar-refractivity contribution < 1.29 is 14.3 Å². The summed E-state index contributed by atoms with van der Waals surface area (Å²) in [5.74, 6) is -0.614. The molecule has 2 heterocycles. The predicted molar refractivity (Wildman–Crippen MR) is 78.4 cm³/mol. The van der Waals surface area contributed by atoms with Crippen LogP contribution in [0.15, 0.2) is 16.7 Å². The zero-order valence-corrected chi connectivity index (χ0v) is 13.1. The number of H-pyrrole nitrogens is 1. The summed E-state index contributed by atoms with van der Waals surface area (Å²) in [6.45, 7) is 3.15. The van der Waals surface area contributed by atoms with E-state index >= 15 is 0 Å². The van der Waals surface area contributed by atoms with Crippen LogP contribution in [0.25, 0.3) is 0 Å². The van der Waals surface area contributed by atoms with Gasteiger partial charge in [0.15, 0.2) is 6.10 Å². The molecule has 1 saturated heterocycles. The number of rotatable bonds is 3. The molecule has 1 unspecified atom stereocenters.